The molecular weight excluding hydrogens is 279 g/mol. The van der Waals surface area contributed by atoms with Crippen LogP contribution in [0.5, 0.6) is 11.5 Å². The summed E-state index contributed by atoms with van der Waals surface area (Å²) in [5.74, 6) is 1.10. The Kier molecular flexibility index (Phi) is 4.85. The summed E-state index contributed by atoms with van der Waals surface area (Å²) in [7, 11) is 3.19. The zero-order valence-corrected chi connectivity index (χ0v) is 12.2. The van der Waals surface area contributed by atoms with Crippen molar-refractivity contribution in [1.82, 2.24) is 0 Å². The van der Waals surface area contributed by atoms with Crippen LogP contribution in [-0.4, -0.2) is 14.2 Å². The normalized spacial score (nSPS) is 12.0. The average Bonchev–Trinajstić information content (AvgIpc) is 2.47. The number of rotatable bonds is 5. The summed E-state index contributed by atoms with van der Waals surface area (Å²) in [4.78, 5) is 0. The first kappa shape index (κ1) is 14.7. The lowest BCUT2D eigenvalue weighted by Gasteiger charge is -2.13. The third-order valence-corrected chi connectivity index (χ3v) is 3.50. The number of hydrogen-bond donors (Lipinski definition) is 0. The third kappa shape index (κ3) is 3.42. The van der Waals surface area contributed by atoms with Crippen LogP contribution >= 0.6 is 11.6 Å². The molecule has 2 rings (SSSR count). The first-order valence-corrected chi connectivity index (χ1v) is 6.68. The molecule has 0 saturated carbocycles. The summed E-state index contributed by atoms with van der Waals surface area (Å²) in [5.41, 5.74) is 1.93. The van der Waals surface area contributed by atoms with Gasteiger partial charge in [0.2, 0.25) is 0 Å². The van der Waals surface area contributed by atoms with Crippen LogP contribution in [0.1, 0.15) is 16.5 Å². The monoisotopic (exact) mass is 294 g/mol. The number of ether oxygens (including phenoxy) is 2. The molecule has 1 unspecified atom stereocenters. The molecule has 0 bridgehead atoms. The van der Waals surface area contributed by atoms with Gasteiger partial charge in [-0.25, -0.2) is 4.39 Å². The Morgan fingerprint density at radius 3 is 2.25 bits per heavy atom. The Morgan fingerprint density at radius 1 is 1.00 bits per heavy atom. The fourth-order valence-electron chi connectivity index (χ4n) is 2.00. The van der Waals surface area contributed by atoms with Crippen LogP contribution in [0.3, 0.4) is 0 Å². The van der Waals surface area contributed by atoms with Gasteiger partial charge >= 0.3 is 0 Å². The van der Waals surface area contributed by atoms with Gasteiger partial charge in [0, 0.05) is 0 Å². The van der Waals surface area contributed by atoms with Gasteiger partial charge in [-0.2, -0.15) is 0 Å². The predicted molar refractivity (Wildman–Crippen MR) is 78.2 cm³/mol. The van der Waals surface area contributed by atoms with E-state index in [2.05, 4.69) is 0 Å². The van der Waals surface area contributed by atoms with Crippen molar-refractivity contribution in [1.29, 1.82) is 0 Å². The van der Waals surface area contributed by atoms with E-state index in [1.54, 1.807) is 26.4 Å². The largest absolute Gasteiger partial charge is 0.493 e. The standard InChI is InChI=1S/C16H16ClFO2/c1-19-15-8-3-11(10-16(15)20-2)9-14(17)12-4-6-13(18)7-5-12/h3-8,10,14H,9H2,1-2H3. The molecule has 0 fully saturated rings. The van der Waals surface area contributed by atoms with Crippen LogP contribution < -0.4 is 9.47 Å². The van der Waals surface area contributed by atoms with Gasteiger partial charge in [-0.15, -0.1) is 11.6 Å². The molecule has 106 valence electrons. The molecule has 0 aliphatic heterocycles. The molecule has 0 aliphatic rings. The lowest BCUT2D eigenvalue weighted by atomic mass is 10.0. The second-order valence-electron chi connectivity index (χ2n) is 4.41. The second-order valence-corrected chi connectivity index (χ2v) is 4.94. The maximum atomic E-state index is 12.9. The smallest absolute Gasteiger partial charge is 0.160 e. The Labute approximate surface area is 123 Å². The Hall–Kier alpha value is -1.74. The molecule has 0 aliphatic carbocycles. The maximum Gasteiger partial charge on any atom is 0.160 e. The molecule has 2 aromatic carbocycles. The van der Waals surface area contributed by atoms with Gasteiger partial charge in [0.05, 0.1) is 19.6 Å². The Bertz CT molecular complexity index is 569. The van der Waals surface area contributed by atoms with E-state index in [1.165, 1.54) is 12.1 Å². The minimum absolute atomic E-state index is 0.214. The van der Waals surface area contributed by atoms with Gasteiger partial charge in [-0.05, 0) is 41.8 Å². The molecule has 2 aromatic rings. The quantitative estimate of drug-likeness (QED) is 0.763. The van der Waals surface area contributed by atoms with Crippen LogP contribution in [0, 0.1) is 5.82 Å². The molecule has 0 N–H and O–H groups in total. The van der Waals surface area contributed by atoms with E-state index in [0.717, 1.165) is 11.1 Å². The first-order chi connectivity index (χ1) is 9.63. The van der Waals surface area contributed by atoms with Crippen molar-refractivity contribution in [3.8, 4) is 11.5 Å². The molecule has 0 aromatic heterocycles. The van der Waals surface area contributed by atoms with Crippen molar-refractivity contribution in [2.75, 3.05) is 14.2 Å². The van der Waals surface area contributed by atoms with E-state index >= 15 is 0 Å². The number of alkyl halides is 1. The minimum atomic E-state index is -0.260. The fourth-order valence-corrected chi connectivity index (χ4v) is 2.33. The van der Waals surface area contributed by atoms with Crippen molar-refractivity contribution in [3.05, 3.63) is 59.4 Å². The van der Waals surface area contributed by atoms with E-state index in [1.807, 2.05) is 18.2 Å². The number of methoxy groups -OCH3 is 2. The lowest BCUT2D eigenvalue weighted by molar-refractivity contribution is 0.354. The van der Waals surface area contributed by atoms with Gasteiger partial charge in [-0.1, -0.05) is 18.2 Å². The van der Waals surface area contributed by atoms with E-state index in [4.69, 9.17) is 21.1 Å². The number of benzene rings is 2. The lowest BCUT2D eigenvalue weighted by Crippen LogP contribution is -1.98. The van der Waals surface area contributed by atoms with Crippen LogP contribution in [0.25, 0.3) is 0 Å². The zero-order chi connectivity index (χ0) is 14.5. The van der Waals surface area contributed by atoms with Gasteiger partial charge < -0.3 is 9.47 Å². The SMILES string of the molecule is COc1ccc(CC(Cl)c2ccc(F)cc2)cc1OC. The minimum Gasteiger partial charge on any atom is -0.493 e. The van der Waals surface area contributed by atoms with Crippen molar-refractivity contribution < 1.29 is 13.9 Å². The van der Waals surface area contributed by atoms with Crippen molar-refractivity contribution >= 4 is 11.6 Å². The molecule has 0 saturated heterocycles. The van der Waals surface area contributed by atoms with E-state index in [9.17, 15) is 4.39 Å². The summed E-state index contributed by atoms with van der Waals surface area (Å²) in [6.07, 6.45) is 0.632. The van der Waals surface area contributed by atoms with Gasteiger partial charge in [0.15, 0.2) is 11.5 Å². The van der Waals surface area contributed by atoms with Crippen molar-refractivity contribution in [2.45, 2.75) is 11.8 Å². The van der Waals surface area contributed by atoms with Crippen LogP contribution in [0.15, 0.2) is 42.5 Å². The molecule has 0 radical (unpaired) electrons. The van der Waals surface area contributed by atoms with Crippen molar-refractivity contribution in [3.63, 3.8) is 0 Å². The van der Waals surface area contributed by atoms with Gasteiger partial charge in [0.1, 0.15) is 5.82 Å². The molecule has 4 heteroatoms. The van der Waals surface area contributed by atoms with Gasteiger partial charge in [-0.3, -0.25) is 0 Å². The number of halogens is 2. The summed E-state index contributed by atoms with van der Waals surface area (Å²) >= 11 is 6.37. The molecule has 1 atom stereocenters. The van der Waals surface area contributed by atoms with Crippen LogP contribution in [0.4, 0.5) is 4.39 Å². The average molecular weight is 295 g/mol. The molecule has 0 amide bonds. The molecule has 0 spiro atoms. The molecule has 2 nitrogen and oxygen atoms in total. The van der Waals surface area contributed by atoms with E-state index < -0.39 is 0 Å². The fraction of sp³-hybridized carbons (Fsp3) is 0.250. The van der Waals surface area contributed by atoms with Crippen molar-refractivity contribution in [2.24, 2.45) is 0 Å². The van der Waals surface area contributed by atoms with E-state index in [-0.39, 0.29) is 11.2 Å². The second kappa shape index (κ2) is 6.62. The highest BCUT2D eigenvalue weighted by molar-refractivity contribution is 6.20. The highest BCUT2D eigenvalue weighted by Gasteiger charge is 2.11. The summed E-state index contributed by atoms with van der Waals surface area (Å²) < 4.78 is 23.3. The molecule has 20 heavy (non-hydrogen) atoms. The molecule has 0 heterocycles. The third-order valence-electron chi connectivity index (χ3n) is 3.09. The van der Waals surface area contributed by atoms with E-state index in [0.29, 0.717) is 17.9 Å². The highest BCUT2D eigenvalue weighted by Crippen LogP contribution is 2.31. The molecular formula is C16H16ClFO2. The maximum absolute atomic E-state index is 12.9. The Morgan fingerprint density at radius 2 is 1.65 bits per heavy atom. The van der Waals surface area contributed by atoms with Gasteiger partial charge in [0.25, 0.3) is 0 Å². The summed E-state index contributed by atoms with van der Waals surface area (Å²) in [6, 6.07) is 11.9. The van der Waals surface area contributed by atoms with Crippen LogP contribution in [-0.2, 0) is 6.42 Å². The summed E-state index contributed by atoms with van der Waals surface area (Å²) in [5, 5.41) is -0.214. The predicted octanol–water partition coefficient (Wildman–Crippen LogP) is 4.37. The van der Waals surface area contributed by atoms with Crippen LogP contribution in [0.2, 0.25) is 0 Å². The zero-order valence-electron chi connectivity index (χ0n) is 11.4. The Balaban J connectivity index is 2.15. The topological polar surface area (TPSA) is 18.5 Å². The number of hydrogen-bond acceptors (Lipinski definition) is 2. The highest BCUT2D eigenvalue weighted by atomic mass is 35.5. The first-order valence-electron chi connectivity index (χ1n) is 6.24. The summed E-state index contributed by atoms with van der Waals surface area (Å²) in [6.45, 7) is 0.